The van der Waals surface area contributed by atoms with Gasteiger partial charge in [-0.3, -0.25) is 9.59 Å². The van der Waals surface area contributed by atoms with Gasteiger partial charge in [-0.1, -0.05) is 0 Å². The van der Waals surface area contributed by atoms with Gasteiger partial charge >= 0.3 is 0 Å². The monoisotopic (exact) mass is 383 g/mol. The summed E-state index contributed by atoms with van der Waals surface area (Å²) in [7, 11) is 3.06. The third kappa shape index (κ3) is 4.36. The number of nitrogens with one attached hydrogen (secondary N) is 1. The van der Waals surface area contributed by atoms with Crippen molar-refractivity contribution >= 4 is 23.2 Å². The zero-order valence-corrected chi connectivity index (χ0v) is 16.2. The fourth-order valence-corrected chi connectivity index (χ4v) is 3.33. The van der Waals surface area contributed by atoms with Gasteiger partial charge in [-0.15, -0.1) is 0 Å². The smallest absolute Gasteiger partial charge is 0.255 e. The zero-order valence-electron chi connectivity index (χ0n) is 16.2. The average Bonchev–Trinajstić information content (AvgIpc) is 2.73. The van der Waals surface area contributed by atoms with E-state index in [4.69, 9.17) is 15.2 Å². The van der Waals surface area contributed by atoms with Crippen LogP contribution in [0.5, 0.6) is 11.5 Å². The van der Waals surface area contributed by atoms with E-state index in [1.807, 2.05) is 6.07 Å². The number of amides is 2. The number of rotatable bonds is 6. The summed E-state index contributed by atoms with van der Waals surface area (Å²) in [4.78, 5) is 26.8. The SMILES string of the molecule is COc1cc(OC)cc(C(=O)Nc2cc(C(N)=O)ccc2N2CCCCC2)c1. The first-order chi connectivity index (χ1) is 13.5. The highest BCUT2D eigenvalue weighted by Crippen LogP contribution is 2.31. The second-order valence-corrected chi connectivity index (χ2v) is 6.70. The second kappa shape index (κ2) is 8.65. The molecular formula is C21H25N3O4. The van der Waals surface area contributed by atoms with Crippen molar-refractivity contribution in [2.24, 2.45) is 5.73 Å². The molecule has 2 aromatic rings. The normalized spacial score (nSPS) is 13.7. The molecule has 1 fully saturated rings. The molecule has 0 unspecified atom stereocenters. The van der Waals surface area contributed by atoms with Gasteiger partial charge in [0.15, 0.2) is 0 Å². The first-order valence-electron chi connectivity index (χ1n) is 9.25. The van der Waals surface area contributed by atoms with Crippen LogP contribution in [0.3, 0.4) is 0 Å². The standard InChI is InChI=1S/C21H25N3O4/c1-27-16-10-15(11-17(13-16)28-2)21(26)23-18-12-14(20(22)25)6-7-19(18)24-8-4-3-5-9-24/h6-7,10-13H,3-5,8-9H2,1-2H3,(H2,22,25)(H,23,26). The molecule has 148 valence electrons. The molecule has 0 aliphatic carbocycles. The molecule has 7 nitrogen and oxygen atoms in total. The van der Waals surface area contributed by atoms with E-state index in [0.717, 1.165) is 31.6 Å². The van der Waals surface area contributed by atoms with Gasteiger partial charge in [-0.2, -0.15) is 0 Å². The predicted molar refractivity (Wildman–Crippen MR) is 109 cm³/mol. The minimum absolute atomic E-state index is 0.322. The van der Waals surface area contributed by atoms with Crippen molar-refractivity contribution in [3.63, 3.8) is 0 Å². The Morgan fingerprint density at radius 2 is 1.57 bits per heavy atom. The van der Waals surface area contributed by atoms with Crippen LogP contribution in [0, 0.1) is 0 Å². The Balaban J connectivity index is 1.94. The van der Waals surface area contributed by atoms with E-state index in [9.17, 15) is 9.59 Å². The zero-order chi connectivity index (χ0) is 20.1. The summed E-state index contributed by atoms with van der Waals surface area (Å²) in [5.74, 6) is 0.180. The van der Waals surface area contributed by atoms with Gasteiger partial charge in [-0.05, 0) is 49.6 Å². The van der Waals surface area contributed by atoms with Crippen molar-refractivity contribution in [3.05, 3.63) is 47.5 Å². The molecule has 0 spiro atoms. The molecule has 1 heterocycles. The lowest BCUT2D eigenvalue weighted by atomic mass is 10.1. The Bertz CT molecular complexity index is 854. The van der Waals surface area contributed by atoms with Crippen molar-refractivity contribution in [2.75, 3.05) is 37.5 Å². The number of hydrogen-bond donors (Lipinski definition) is 2. The van der Waals surface area contributed by atoms with Crippen molar-refractivity contribution in [3.8, 4) is 11.5 Å². The first-order valence-corrected chi connectivity index (χ1v) is 9.25. The number of nitrogens with zero attached hydrogens (tertiary/aromatic N) is 1. The Kier molecular flexibility index (Phi) is 6.03. The van der Waals surface area contributed by atoms with E-state index in [2.05, 4.69) is 10.2 Å². The van der Waals surface area contributed by atoms with E-state index in [-0.39, 0.29) is 5.91 Å². The number of ether oxygens (including phenoxy) is 2. The fraction of sp³-hybridized carbons (Fsp3) is 0.333. The predicted octanol–water partition coefficient (Wildman–Crippen LogP) is 3.05. The molecule has 3 rings (SSSR count). The molecule has 1 aliphatic rings. The molecule has 0 saturated carbocycles. The average molecular weight is 383 g/mol. The fourth-order valence-electron chi connectivity index (χ4n) is 3.33. The lowest BCUT2D eigenvalue weighted by Crippen LogP contribution is -2.30. The highest BCUT2D eigenvalue weighted by Gasteiger charge is 2.19. The molecule has 0 aromatic heterocycles. The number of benzene rings is 2. The largest absolute Gasteiger partial charge is 0.497 e. The number of anilines is 2. The molecule has 3 N–H and O–H groups in total. The summed E-state index contributed by atoms with van der Waals surface area (Å²) < 4.78 is 10.5. The van der Waals surface area contributed by atoms with Crippen LogP contribution in [0.25, 0.3) is 0 Å². The minimum atomic E-state index is -0.538. The number of hydrogen-bond acceptors (Lipinski definition) is 5. The van der Waals surface area contributed by atoms with Crippen LogP contribution in [0.2, 0.25) is 0 Å². The Hall–Kier alpha value is -3.22. The number of primary amides is 1. The minimum Gasteiger partial charge on any atom is -0.497 e. The molecule has 1 aliphatic heterocycles. The van der Waals surface area contributed by atoms with E-state index in [1.54, 1.807) is 30.3 Å². The molecule has 2 amide bonds. The number of nitrogens with two attached hydrogens (primary N) is 1. The van der Waals surface area contributed by atoms with E-state index in [1.165, 1.54) is 20.6 Å². The number of carbonyl (C=O) groups excluding carboxylic acids is 2. The van der Waals surface area contributed by atoms with Gasteiger partial charge in [-0.25, -0.2) is 0 Å². The van der Waals surface area contributed by atoms with Crippen LogP contribution in [-0.2, 0) is 0 Å². The number of methoxy groups -OCH3 is 2. The van der Waals surface area contributed by atoms with E-state index < -0.39 is 5.91 Å². The quantitative estimate of drug-likeness (QED) is 0.800. The molecule has 28 heavy (non-hydrogen) atoms. The highest BCUT2D eigenvalue weighted by atomic mass is 16.5. The van der Waals surface area contributed by atoms with Crippen molar-refractivity contribution in [1.82, 2.24) is 0 Å². The van der Waals surface area contributed by atoms with Gasteiger partial charge in [0.05, 0.1) is 25.6 Å². The topological polar surface area (TPSA) is 93.9 Å². The summed E-state index contributed by atoms with van der Waals surface area (Å²) in [6, 6.07) is 10.1. The van der Waals surface area contributed by atoms with E-state index >= 15 is 0 Å². The maximum Gasteiger partial charge on any atom is 0.255 e. The molecule has 0 atom stereocenters. The van der Waals surface area contributed by atoms with Gasteiger partial charge in [0.1, 0.15) is 11.5 Å². The molecule has 0 bridgehead atoms. The summed E-state index contributed by atoms with van der Waals surface area (Å²) in [5.41, 5.74) is 7.61. The summed E-state index contributed by atoms with van der Waals surface area (Å²) >= 11 is 0. The van der Waals surface area contributed by atoms with Crippen LogP contribution < -0.4 is 25.4 Å². The van der Waals surface area contributed by atoms with Crippen LogP contribution in [0.4, 0.5) is 11.4 Å². The second-order valence-electron chi connectivity index (χ2n) is 6.70. The summed E-state index contributed by atoms with van der Waals surface area (Å²) in [6.45, 7) is 1.82. The van der Waals surface area contributed by atoms with Gasteiger partial charge < -0.3 is 25.4 Å². The third-order valence-corrected chi connectivity index (χ3v) is 4.84. The van der Waals surface area contributed by atoms with Crippen molar-refractivity contribution < 1.29 is 19.1 Å². The third-order valence-electron chi connectivity index (χ3n) is 4.84. The number of piperidine rings is 1. The lowest BCUT2D eigenvalue weighted by Gasteiger charge is -2.30. The van der Waals surface area contributed by atoms with Crippen LogP contribution in [0.15, 0.2) is 36.4 Å². The number of carbonyl (C=O) groups is 2. The Morgan fingerprint density at radius 3 is 2.14 bits per heavy atom. The van der Waals surface area contributed by atoms with Crippen LogP contribution in [-0.4, -0.2) is 39.1 Å². The highest BCUT2D eigenvalue weighted by molar-refractivity contribution is 6.07. The van der Waals surface area contributed by atoms with Gasteiger partial charge in [0.2, 0.25) is 5.91 Å². The summed E-state index contributed by atoms with van der Waals surface area (Å²) in [5, 5.41) is 2.92. The van der Waals surface area contributed by atoms with Crippen LogP contribution >= 0.6 is 0 Å². The van der Waals surface area contributed by atoms with E-state index in [0.29, 0.717) is 28.3 Å². The van der Waals surface area contributed by atoms with Gasteiger partial charge in [0, 0.05) is 30.3 Å². The Labute approximate surface area is 164 Å². The molecule has 7 heteroatoms. The Morgan fingerprint density at radius 1 is 0.929 bits per heavy atom. The maximum atomic E-state index is 12.9. The van der Waals surface area contributed by atoms with Crippen molar-refractivity contribution in [2.45, 2.75) is 19.3 Å². The maximum absolute atomic E-state index is 12.9. The molecule has 1 saturated heterocycles. The lowest BCUT2D eigenvalue weighted by molar-refractivity contribution is 0.0996. The molecule has 2 aromatic carbocycles. The molecular weight excluding hydrogens is 358 g/mol. The van der Waals surface area contributed by atoms with Crippen LogP contribution in [0.1, 0.15) is 40.0 Å². The summed E-state index contributed by atoms with van der Waals surface area (Å²) in [6.07, 6.45) is 3.39. The first kappa shape index (κ1) is 19.5. The van der Waals surface area contributed by atoms with Crippen molar-refractivity contribution in [1.29, 1.82) is 0 Å². The van der Waals surface area contributed by atoms with Gasteiger partial charge in [0.25, 0.3) is 5.91 Å². The molecule has 0 radical (unpaired) electrons.